The highest BCUT2D eigenvalue weighted by Crippen LogP contribution is 2.38. The third-order valence-corrected chi connectivity index (χ3v) is 6.93. The number of esters is 1. The van der Waals surface area contributed by atoms with Crippen LogP contribution in [-0.2, 0) is 11.3 Å². The van der Waals surface area contributed by atoms with Gasteiger partial charge in [0.25, 0.3) is 16.8 Å². The number of amides is 2. The van der Waals surface area contributed by atoms with E-state index in [9.17, 15) is 24.5 Å². The summed E-state index contributed by atoms with van der Waals surface area (Å²) in [6, 6.07) is 17.8. The number of thioether (sulfide) groups is 1. The lowest BCUT2D eigenvalue weighted by molar-refractivity contribution is -0.385. The average Bonchev–Trinajstić information content (AvgIpc) is 3.14. The summed E-state index contributed by atoms with van der Waals surface area (Å²) < 4.78 is 11.9. The Morgan fingerprint density at radius 1 is 1.11 bits per heavy atom. The summed E-state index contributed by atoms with van der Waals surface area (Å²) in [5.74, 6) is -0.536. The molecular formula is C26H19IN2O7S. The van der Waals surface area contributed by atoms with Crippen LogP contribution in [0.5, 0.6) is 11.5 Å². The first-order chi connectivity index (χ1) is 17.8. The van der Waals surface area contributed by atoms with Crippen molar-refractivity contribution >= 4 is 63.2 Å². The summed E-state index contributed by atoms with van der Waals surface area (Å²) >= 11 is 2.76. The van der Waals surface area contributed by atoms with Gasteiger partial charge in [-0.25, -0.2) is 4.79 Å². The smallest absolute Gasteiger partial charge is 0.343 e. The van der Waals surface area contributed by atoms with E-state index in [0.717, 1.165) is 16.7 Å². The van der Waals surface area contributed by atoms with Crippen molar-refractivity contribution in [2.75, 3.05) is 6.61 Å². The van der Waals surface area contributed by atoms with Crippen LogP contribution in [0, 0.1) is 13.7 Å². The molecule has 1 aliphatic heterocycles. The van der Waals surface area contributed by atoms with Crippen molar-refractivity contribution in [3.8, 4) is 11.5 Å². The third kappa shape index (κ3) is 6.00. The molecule has 0 saturated carbocycles. The van der Waals surface area contributed by atoms with Crippen LogP contribution in [0.15, 0.2) is 71.6 Å². The number of nitro groups is 1. The molecule has 0 atom stereocenters. The lowest BCUT2D eigenvalue weighted by Crippen LogP contribution is -2.27. The Morgan fingerprint density at radius 2 is 1.81 bits per heavy atom. The van der Waals surface area contributed by atoms with Gasteiger partial charge in [-0.1, -0.05) is 36.4 Å². The van der Waals surface area contributed by atoms with Gasteiger partial charge in [0, 0.05) is 11.6 Å². The van der Waals surface area contributed by atoms with Gasteiger partial charge in [0.1, 0.15) is 0 Å². The molecule has 1 heterocycles. The number of carbonyl (C=O) groups is 3. The molecule has 0 unspecified atom stereocenters. The van der Waals surface area contributed by atoms with Gasteiger partial charge in [-0.3, -0.25) is 24.6 Å². The highest BCUT2D eigenvalue weighted by atomic mass is 127. The van der Waals surface area contributed by atoms with Gasteiger partial charge in [-0.05, 0) is 77.2 Å². The maximum atomic E-state index is 13.0. The number of imide groups is 1. The summed E-state index contributed by atoms with van der Waals surface area (Å²) in [6.45, 7) is 1.88. The lowest BCUT2D eigenvalue weighted by Gasteiger charge is -2.14. The minimum Gasteiger partial charge on any atom is -0.490 e. The Bertz CT molecular complexity index is 1430. The summed E-state index contributed by atoms with van der Waals surface area (Å²) in [6.07, 6.45) is 1.54. The minimum absolute atomic E-state index is 0.163. The Morgan fingerprint density at radius 3 is 2.51 bits per heavy atom. The molecule has 4 rings (SSSR count). The quantitative estimate of drug-likeness (QED) is 0.0738. The fourth-order valence-electron chi connectivity index (χ4n) is 3.54. The zero-order valence-corrected chi connectivity index (χ0v) is 22.4. The fourth-order valence-corrected chi connectivity index (χ4v) is 5.11. The summed E-state index contributed by atoms with van der Waals surface area (Å²) in [5, 5.41) is 10.8. The predicted molar refractivity (Wildman–Crippen MR) is 146 cm³/mol. The number of hydrogen-bond donors (Lipinski definition) is 0. The van der Waals surface area contributed by atoms with Crippen LogP contribution in [0.4, 0.5) is 10.5 Å². The van der Waals surface area contributed by atoms with Crippen molar-refractivity contribution in [3.05, 3.63) is 102 Å². The maximum absolute atomic E-state index is 13.0. The van der Waals surface area contributed by atoms with E-state index in [1.54, 1.807) is 55.5 Å². The average molecular weight is 630 g/mol. The SMILES string of the molecule is CCOc1cc(/C=C2\SC(=O)N(Cc3ccccc3[N+](=O)[O-])C2=O)cc(I)c1OC(=O)c1ccccc1. The monoisotopic (exact) mass is 630 g/mol. The Labute approximate surface area is 229 Å². The molecule has 0 aromatic heterocycles. The number of carbonyl (C=O) groups excluding carboxylic acids is 3. The molecule has 1 saturated heterocycles. The van der Waals surface area contributed by atoms with Crippen LogP contribution in [-0.4, -0.2) is 33.5 Å². The van der Waals surface area contributed by atoms with Gasteiger partial charge in [0.15, 0.2) is 11.5 Å². The number of nitro benzene ring substituents is 1. The van der Waals surface area contributed by atoms with Crippen LogP contribution in [0.3, 0.4) is 0 Å². The van der Waals surface area contributed by atoms with Gasteiger partial charge in [-0.15, -0.1) is 0 Å². The van der Waals surface area contributed by atoms with Crippen molar-refractivity contribution < 1.29 is 28.8 Å². The molecule has 11 heteroatoms. The number of para-hydroxylation sites is 1. The standard InChI is InChI=1S/C26H19IN2O7S/c1-2-35-21-13-16(12-19(27)23(21)36-25(31)17-8-4-3-5-9-17)14-22-24(30)28(26(32)37-22)15-18-10-6-7-11-20(18)29(33)34/h3-14H,2,15H2,1H3/b22-14-. The molecule has 3 aromatic rings. The minimum atomic E-state index is -0.555. The number of hydrogen-bond acceptors (Lipinski definition) is 8. The van der Waals surface area contributed by atoms with Crippen LogP contribution in [0.2, 0.25) is 0 Å². The molecular weight excluding hydrogens is 611 g/mol. The van der Waals surface area contributed by atoms with E-state index in [4.69, 9.17) is 9.47 Å². The first kappa shape index (κ1) is 26.4. The van der Waals surface area contributed by atoms with Crippen molar-refractivity contribution in [1.29, 1.82) is 0 Å². The molecule has 188 valence electrons. The van der Waals surface area contributed by atoms with E-state index < -0.39 is 22.0 Å². The molecule has 1 fully saturated rings. The Balaban J connectivity index is 1.60. The molecule has 0 spiro atoms. The number of ether oxygens (including phenoxy) is 2. The zero-order valence-electron chi connectivity index (χ0n) is 19.4. The molecule has 9 nitrogen and oxygen atoms in total. The van der Waals surface area contributed by atoms with E-state index >= 15 is 0 Å². The molecule has 1 aliphatic rings. The first-order valence-corrected chi connectivity index (χ1v) is 12.9. The van der Waals surface area contributed by atoms with Crippen molar-refractivity contribution in [3.63, 3.8) is 0 Å². The van der Waals surface area contributed by atoms with Gasteiger partial charge in [0.05, 0.1) is 32.1 Å². The van der Waals surface area contributed by atoms with Gasteiger partial charge < -0.3 is 9.47 Å². The topological polar surface area (TPSA) is 116 Å². The van der Waals surface area contributed by atoms with Crippen molar-refractivity contribution in [2.24, 2.45) is 0 Å². The zero-order chi connectivity index (χ0) is 26.5. The molecule has 37 heavy (non-hydrogen) atoms. The van der Waals surface area contributed by atoms with Gasteiger partial charge in [-0.2, -0.15) is 0 Å². The van der Waals surface area contributed by atoms with E-state index in [1.807, 2.05) is 22.6 Å². The first-order valence-electron chi connectivity index (χ1n) is 11.0. The highest BCUT2D eigenvalue weighted by molar-refractivity contribution is 14.1. The van der Waals surface area contributed by atoms with Gasteiger partial charge in [0.2, 0.25) is 0 Å². The molecule has 0 bridgehead atoms. The lowest BCUT2D eigenvalue weighted by atomic mass is 10.1. The summed E-state index contributed by atoms with van der Waals surface area (Å²) in [4.78, 5) is 50.1. The second-order valence-corrected chi connectivity index (χ2v) is 9.83. The maximum Gasteiger partial charge on any atom is 0.343 e. The Hall–Kier alpha value is -3.71. The van der Waals surface area contributed by atoms with Gasteiger partial charge >= 0.3 is 5.97 Å². The van der Waals surface area contributed by atoms with Crippen molar-refractivity contribution in [1.82, 2.24) is 4.90 Å². The predicted octanol–water partition coefficient (Wildman–Crippen LogP) is 6.05. The number of nitrogens with zero attached hydrogens (tertiary/aromatic N) is 2. The summed E-state index contributed by atoms with van der Waals surface area (Å²) in [5.41, 5.74) is 1.04. The normalized spacial score (nSPS) is 14.2. The molecule has 0 aliphatic carbocycles. The fraction of sp³-hybridized carbons (Fsp3) is 0.115. The van der Waals surface area contributed by atoms with Crippen LogP contribution in [0.25, 0.3) is 6.08 Å². The largest absolute Gasteiger partial charge is 0.490 e. The van der Waals surface area contributed by atoms with Crippen LogP contribution in [0.1, 0.15) is 28.4 Å². The van der Waals surface area contributed by atoms with E-state index in [1.165, 1.54) is 24.3 Å². The Kier molecular flexibility index (Phi) is 8.24. The summed E-state index contributed by atoms with van der Waals surface area (Å²) in [7, 11) is 0. The second kappa shape index (κ2) is 11.6. The van der Waals surface area contributed by atoms with Crippen LogP contribution < -0.4 is 9.47 Å². The number of rotatable bonds is 8. The molecule has 2 amide bonds. The number of benzene rings is 3. The van der Waals surface area contributed by atoms with Crippen LogP contribution >= 0.6 is 34.4 Å². The molecule has 3 aromatic carbocycles. The molecule has 0 radical (unpaired) electrons. The highest BCUT2D eigenvalue weighted by Gasteiger charge is 2.36. The van der Waals surface area contributed by atoms with E-state index in [2.05, 4.69) is 0 Å². The van der Waals surface area contributed by atoms with E-state index in [0.29, 0.717) is 27.1 Å². The van der Waals surface area contributed by atoms with Crippen molar-refractivity contribution in [2.45, 2.75) is 13.5 Å². The van der Waals surface area contributed by atoms with E-state index in [-0.39, 0.29) is 28.5 Å². The number of halogens is 1. The third-order valence-electron chi connectivity index (χ3n) is 5.22. The second-order valence-electron chi connectivity index (χ2n) is 7.67. The molecule has 0 N–H and O–H groups in total.